The van der Waals surface area contributed by atoms with Crippen molar-refractivity contribution in [2.45, 2.75) is 11.5 Å². The molecule has 0 aliphatic heterocycles. The Hall–Kier alpha value is -3.25. The van der Waals surface area contributed by atoms with E-state index in [2.05, 4.69) is 20.0 Å². The summed E-state index contributed by atoms with van der Waals surface area (Å²) in [6.45, 7) is -0.798. The smallest absolute Gasteiger partial charge is 0.321 e. The Labute approximate surface area is 160 Å². The van der Waals surface area contributed by atoms with E-state index in [0.29, 0.717) is 11.3 Å². The number of hydrogen-bond donors (Lipinski definition) is 1. The predicted molar refractivity (Wildman–Crippen MR) is 94.5 cm³/mol. The number of methoxy groups -OCH3 is 1. The van der Waals surface area contributed by atoms with Crippen LogP contribution in [0.2, 0.25) is 0 Å². The highest BCUT2D eigenvalue weighted by Gasteiger charge is 2.18. The fourth-order valence-corrected chi connectivity index (χ4v) is 3.09. The van der Waals surface area contributed by atoms with Gasteiger partial charge in [0.05, 0.1) is 13.3 Å². The molecule has 1 aromatic carbocycles. The molecule has 0 radical (unpaired) electrons. The molecule has 0 bridgehead atoms. The quantitative estimate of drug-likeness (QED) is 0.529. The van der Waals surface area contributed by atoms with Crippen LogP contribution in [0.3, 0.4) is 0 Å². The van der Waals surface area contributed by atoms with Crippen LogP contribution in [0.1, 0.15) is 5.82 Å². The van der Waals surface area contributed by atoms with Crippen LogP contribution in [0.15, 0.2) is 46.1 Å². The maximum atomic E-state index is 12.0. The Balaban J connectivity index is 1.51. The Morgan fingerprint density at radius 1 is 1.29 bits per heavy atom. The molecule has 12 heteroatoms. The van der Waals surface area contributed by atoms with E-state index in [-0.39, 0.29) is 23.2 Å². The lowest BCUT2D eigenvalue weighted by molar-refractivity contribution is -0.143. The van der Waals surface area contributed by atoms with E-state index < -0.39 is 22.5 Å². The molecule has 0 spiro atoms. The molecule has 3 rings (SSSR count). The molecule has 0 atom stereocenters. The summed E-state index contributed by atoms with van der Waals surface area (Å²) in [5.74, 6) is 0.301. The van der Waals surface area contributed by atoms with Crippen LogP contribution in [0, 0.1) is 0 Å². The summed E-state index contributed by atoms with van der Waals surface area (Å²) in [5, 5.41) is 7.49. The van der Waals surface area contributed by atoms with Crippen molar-refractivity contribution in [3.63, 3.8) is 0 Å². The second-order valence-corrected chi connectivity index (χ2v) is 7.35. The van der Waals surface area contributed by atoms with Crippen molar-refractivity contribution in [2.75, 3.05) is 13.7 Å². The highest BCUT2D eigenvalue weighted by atomic mass is 32.2. The van der Waals surface area contributed by atoms with Crippen LogP contribution in [-0.4, -0.2) is 48.0 Å². The van der Waals surface area contributed by atoms with Gasteiger partial charge >= 0.3 is 5.97 Å². The molecule has 1 N–H and O–H groups in total. The minimum atomic E-state index is -3.85. The normalized spacial score (nSPS) is 11.4. The third-order valence-corrected chi connectivity index (χ3v) is 4.92. The van der Waals surface area contributed by atoms with Gasteiger partial charge in [0, 0.05) is 18.8 Å². The van der Waals surface area contributed by atoms with Gasteiger partial charge in [-0.1, -0.05) is 5.16 Å². The Bertz CT molecular complexity index is 1060. The van der Waals surface area contributed by atoms with E-state index in [1.54, 1.807) is 38.4 Å². The number of nitrogens with zero attached hydrogens (tertiary/aromatic N) is 4. The van der Waals surface area contributed by atoms with Crippen molar-refractivity contribution >= 4 is 16.0 Å². The van der Waals surface area contributed by atoms with Gasteiger partial charge in [-0.2, -0.15) is 14.8 Å². The number of carbonyl (C=O) groups is 1. The van der Waals surface area contributed by atoms with E-state index in [0.717, 1.165) is 0 Å². The van der Waals surface area contributed by atoms with Gasteiger partial charge in [-0.25, -0.2) is 8.42 Å². The molecule has 0 unspecified atom stereocenters. The summed E-state index contributed by atoms with van der Waals surface area (Å²) >= 11 is 0. The fraction of sp³-hybridized carbons (Fsp3) is 0.250. The number of aromatic nitrogens is 4. The zero-order valence-corrected chi connectivity index (χ0v) is 15.8. The average molecular weight is 407 g/mol. The molecule has 0 saturated heterocycles. The highest BCUT2D eigenvalue weighted by Crippen LogP contribution is 2.20. The second kappa shape index (κ2) is 8.19. The van der Waals surface area contributed by atoms with Crippen molar-refractivity contribution in [1.82, 2.24) is 24.6 Å². The van der Waals surface area contributed by atoms with E-state index in [9.17, 15) is 13.2 Å². The lowest BCUT2D eigenvalue weighted by atomic mass is 10.2. The summed E-state index contributed by atoms with van der Waals surface area (Å²) in [6, 6.07) is 6.98. The number of esters is 1. The maximum Gasteiger partial charge on any atom is 0.321 e. The van der Waals surface area contributed by atoms with Crippen LogP contribution in [0.25, 0.3) is 11.5 Å². The van der Waals surface area contributed by atoms with Gasteiger partial charge in [0.25, 0.3) is 5.89 Å². The summed E-state index contributed by atoms with van der Waals surface area (Å²) in [4.78, 5) is 15.8. The number of carbonyl (C=O) groups excluding carboxylic acids is 1. The van der Waals surface area contributed by atoms with Crippen LogP contribution in [0.5, 0.6) is 5.75 Å². The number of ether oxygens (including phenoxy) is 2. The number of benzene rings is 1. The van der Waals surface area contributed by atoms with Crippen LogP contribution in [-0.2, 0) is 33.2 Å². The monoisotopic (exact) mass is 407 g/mol. The fourth-order valence-electron chi connectivity index (χ4n) is 2.13. The van der Waals surface area contributed by atoms with E-state index in [1.165, 1.54) is 17.1 Å². The standard InChI is InChI=1S/C16H17N5O6S/c1-21-9-13(7-17-21)28(23,24)18-8-15(22)26-10-14-19-16(27-20-14)11-3-5-12(25-2)6-4-11/h3-7,9,18H,8,10H2,1-2H3. The molecule has 11 nitrogen and oxygen atoms in total. The van der Waals surface area contributed by atoms with Crippen LogP contribution in [0.4, 0.5) is 0 Å². The van der Waals surface area contributed by atoms with Crippen molar-refractivity contribution in [3.05, 3.63) is 42.5 Å². The first-order valence-electron chi connectivity index (χ1n) is 7.98. The summed E-state index contributed by atoms with van der Waals surface area (Å²) in [7, 11) is -0.707. The molecule has 28 heavy (non-hydrogen) atoms. The molecule has 2 aromatic heterocycles. The van der Waals surface area contributed by atoms with Gasteiger partial charge in [-0.15, -0.1) is 0 Å². The largest absolute Gasteiger partial charge is 0.497 e. The summed E-state index contributed by atoms with van der Waals surface area (Å²) in [5.41, 5.74) is 0.676. The maximum absolute atomic E-state index is 12.0. The molecule has 0 aliphatic rings. The molecule has 0 saturated carbocycles. The van der Waals surface area contributed by atoms with Crippen molar-refractivity contribution < 1.29 is 27.2 Å². The van der Waals surface area contributed by atoms with E-state index in [4.69, 9.17) is 14.0 Å². The van der Waals surface area contributed by atoms with Gasteiger partial charge in [0.1, 0.15) is 17.2 Å². The Morgan fingerprint density at radius 3 is 2.68 bits per heavy atom. The molecular weight excluding hydrogens is 390 g/mol. The van der Waals surface area contributed by atoms with Crippen LogP contribution >= 0.6 is 0 Å². The lowest BCUT2D eigenvalue weighted by Gasteiger charge is -2.04. The minimum absolute atomic E-state index is 0.0508. The van der Waals surface area contributed by atoms with Gasteiger partial charge in [-0.05, 0) is 24.3 Å². The Morgan fingerprint density at radius 2 is 2.04 bits per heavy atom. The van der Waals surface area contributed by atoms with Gasteiger partial charge in [0.15, 0.2) is 6.61 Å². The number of aryl methyl sites for hydroxylation is 1. The van der Waals surface area contributed by atoms with Crippen molar-refractivity contribution in [1.29, 1.82) is 0 Å². The number of nitrogens with one attached hydrogen (secondary N) is 1. The number of rotatable bonds is 8. The number of sulfonamides is 1. The molecule has 2 heterocycles. The van der Waals surface area contributed by atoms with Gasteiger partial charge < -0.3 is 14.0 Å². The zero-order chi connectivity index (χ0) is 20.1. The minimum Gasteiger partial charge on any atom is -0.497 e. The van der Waals surface area contributed by atoms with E-state index >= 15 is 0 Å². The molecule has 3 aromatic rings. The first kappa shape index (κ1) is 19.5. The summed E-state index contributed by atoms with van der Waals surface area (Å²) in [6.07, 6.45) is 2.49. The first-order chi connectivity index (χ1) is 13.4. The van der Waals surface area contributed by atoms with Gasteiger partial charge in [-0.3, -0.25) is 9.48 Å². The zero-order valence-electron chi connectivity index (χ0n) is 15.0. The SMILES string of the molecule is COc1ccc(-c2nc(COC(=O)CNS(=O)(=O)c3cnn(C)c3)no2)cc1. The Kier molecular flexibility index (Phi) is 5.70. The highest BCUT2D eigenvalue weighted by molar-refractivity contribution is 7.89. The number of hydrogen-bond acceptors (Lipinski definition) is 9. The van der Waals surface area contributed by atoms with Gasteiger partial charge in [0.2, 0.25) is 15.8 Å². The topological polar surface area (TPSA) is 138 Å². The second-order valence-electron chi connectivity index (χ2n) is 5.58. The molecule has 0 amide bonds. The molecular formula is C16H17N5O6S. The first-order valence-corrected chi connectivity index (χ1v) is 9.46. The predicted octanol–water partition coefficient (Wildman–Crippen LogP) is 0.500. The molecule has 0 aliphatic carbocycles. The molecule has 148 valence electrons. The summed E-state index contributed by atoms with van der Waals surface area (Å²) < 4.78 is 42.6. The average Bonchev–Trinajstić information content (AvgIpc) is 3.34. The van der Waals surface area contributed by atoms with Crippen molar-refractivity contribution in [3.8, 4) is 17.2 Å². The van der Waals surface area contributed by atoms with Crippen LogP contribution < -0.4 is 9.46 Å². The third-order valence-electron chi connectivity index (χ3n) is 3.57. The van der Waals surface area contributed by atoms with E-state index in [1.807, 2.05) is 0 Å². The lowest BCUT2D eigenvalue weighted by Crippen LogP contribution is -2.30. The molecule has 0 fully saturated rings. The third kappa shape index (κ3) is 4.72. The van der Waals surface area contributed by atoms with Crippen molar-refractivity contribution in [2.24, 2.45) is 7.05 Å².